The summed E-state index contributed by atoms with van der Waals surface area (Å²) in [5.41, 5.74) is 1.21. The SMILES string of the molecule is Cc1ccc(CNC(=O)c2ccccc2S(C)(=O)=O)cc1F. The van der Waals surface area contributed by atoms with Crippen LogP contribution in [0.4, 0.5) is 4.39 Å². The lowest BCUT2D eigenvalue weighted by Crippen LogP contribution is -2.24. The standard InChI is InChI=1S/C16H16FNO3S/c1-11-7-8-12(9-14(11)17)10-18-16(19)13-5-3-4-6-15(13)22(2,20)21/h3-9H,10H2,1-2H3,(H,18,19). The van der Waals surface area contributed by atoms with Crippen LogP contribution in [-0.4, -0.2) is 20.6 Å². The third kappa shape index (κ3) is 3.71. The van der Waals surface area contributed by atoms with Crippen molar-refractivity contribution in [3.63, 3.8) is 0 Å². The molecule has 2 aromatic rings. The number of aryl methyl sites for hydroxylation is 1. The van der Waals surface area contributed by atoms with Crippen LogP contribution in [0.1, 0.15) is 21.5 Å². The molecule has 1 N–H and O–H groups in total. The maximum absolute atomic E-state index is 13.5. The van der Waals surface area contributed by atoms with E-state index in [-0.39, 0.29) is 22.8 Å². The highest BCUT2D eigenvalue weighted by Gasteiger charge is 2.17. The second kappa shape index (κ2) is 6.27. The van der Waals surface area contributed by atoms with Crippen LogP contribution in [0.25, 0.3) is 0 Å². The first kappa shape index (κ1) is 16.2. The average molecular weight is 321 g/mol. The van der Waals surface area contributed by atoms with Gasteiger partial charge in [0.2, 0.25) is 0 Å². The molecular formula is C16H16FNO3S. The van der Waals surface area contributed by atoms with E-state index in [2.05, 4.69) is 5.32 Å². The van der Waals surface area contributed by atoms with Gasteiger partial charge in [0.05, 0.1) is 10.5 Å². The maximum Gasteiger partial charge on any atom is 0.252 e. The molecule has 0 aliphatic heterocycles. The van der Waals surface area contributed by atoms with Crippen LogP contribution in [0.3, 0.4) is 0 Å². The van der Waals surface area contributed by atoms with E-state index in [1.54, 1.807) is 31.2 Å². The number of nitrogens with one attached hydrogen (secondary N) is 1. The number of hydrogen-bond donors (Lipinski definition) is 1. The summed E-state index contributed by atoms with van der Waals surface area (Å²) >= 11 is 0. The monoisotopic (exact) mass is 321 g/mol. The van der Waals surface area contributed by atoms with Gasteiger partial charge in [-0.1, -0.05) is 24.3 Å². The molecule has 0 heterocycles. The molecule has 116 valence electrons. The second-order valence-corrected chi connectivity index (χ2v) is 7.02. The Morgan fingerprint density at radius 2 is 1.86 bits per heavy atom. The van der Waals surface area contributed by atoms with Crippen molar-refractivity contribution in [1.82, 2.24) is 5.32 Å². The van der Waals surface area contributed by atoms with E-state index < -0.39 is 15.7 Å². The van der Waals surface area contributed by atoms with Crippen molar-refractivity contribution in [2.75, 3.05) is 6.26 Å². The first-order valence-corrected chi connectivity index (χ1v) is 8.50. The Bertz CT molecular complexity index is 816. The minimum atomic E-state index is -3.49. The summed E-state index contributed by atoms with van der Waals surface area (Å²) in [6.45, 7) is 1.77. The van der Waals surface area contributed by atoms with Crippen LogP contribution in [0.5, 0.6) is 0 Å². The predicted octanol–water partition coefficient (Wildman–Crippen LogP) is 2.47. The molecule has 4 nitrogen and oxygen atoms in total. The lowest BCUT2D eigenvalue weighted by molar-refractivity contribution is 0.0947. The normalized spacial score (nSPS) is 11.2. The Morgan fingerprint density at radius 3 is 2.50 bits per heavy atom. The van der Waals surface area contributed by atoms with E-state index >= 15 is 0 Å². The van der Waals surface area contributed by atoms with Gasteiger partial charge in [0.1, 0.15) is 5.82 Å². The fourth-order valence-corrected chi connectivity index (χ4v) is 2.89. The van der Waals surface area contributed by atoms with Crippen molar-refractivity contribution in [3.8, 4) is 0 Å². The molecule has 6 heteroatoms. The Kier molecular flexibility index (Phi) is 4.61. The van der Waals surface area contributed by atoms with Crippen LogP contribution in [0.2, 0.25) is 0 Å². The van der Waals surface area contributed by atoms with Gasteiger partial charge in [-0.05, 0) is 36.2 Å². The van der Waals surface area contributed by atoms with Crippen molar-refractivity contribution >= 4 is 15.7 Å². The van der Waals surface area contributed by atoms with Gasteiger partial charge in [-0.2, -0.15) is 0 Å². The van der Waals surface area contributed by atoms with Crippen molar-refractivity contribution in [2.45, 2.75) is 18.4 Å². The minimum Gasteiger partial charge on any atom is -0.348 e. The smallest absolute Gasteiger partial charge is 0.252 e. The summed E-state index contributed by atoms with van der Waals surface area (Å²) in [4.78, 5) is 12.1. The fraction of sp³-hybridized carbons (Fsp3) is 0.188. The molecule has 2 aromatic carbocycles. The van der Waals surface area contributed by atoms with Gasteiger partial charge in [0.15, 0.2) is 9.84 Å². The zero-order chi connectivity index (χ0) is 16.3. The number of carbonyl (C=O) groups excluding carboxylic acids is 1. The first-order chi connectivity index (χ1) is 10.3. The summed E-state index contributed by atoms with van der Waals surface area (Å²) in [5.74, 6) is -0.856. The lowest BCUT2D eigenvalue weighted by Gasteiger charge is -2.09. The average Bonchev–Trinajstić information content (AvgIpc) is 2.47. The van der Waals surface area contributed by atoms with Crippen LogP contribution in [0.15, 0.2) is 47.4 Å². The van der Waals surface area contributed by atoms with Gasteiger partial charge in [0, 0.05) is 12.8 Å². The molecule has 0 aromatic heterocycles. The van der Waals surface area contributed by atoms with E-state index in [4.69, 9.17) is 0 Å². The molecule has 0 saturated carbocycles. The molecule has 0 aliphatic carbocycles. The summed E-state index contributed by atoms with van der Waals surface area (Å²) in [6.07, 6.45) is 1.05. The van der Waals surface area contributed by atoms with E-state index in [9.17, 15) is 17.6 Å². The Labute approximate surface area is 128 Å². The van der Waals surface area contributed by atoms with Crippen molar-refractivity contribution in [1.29, 1.82) is 0 Å². The maximum atomic E-state index is 13.5. The fourth-order valence-electron chi connectivity index (χ4n) is 2.00. The van der Waals surface area contributed by atoms with E-state index in [0.29, 0.717) is 11.1 Å². The van der Waals surface area contributed by atoms with Gasteiger partial charge in [-0.15, -0.1) is 0 Å². The zero-order valence-electron chi connectivity index (χ0n) is 12.3. The lowest BCUT2D eigenvalue weighted by atomic mass is 10.1. The van der Waals surface area contributed by atoms with Crippen LogP contribution < -0.4 is 5.32 Å². The molecule has 0 bridgehead atoms. The summed E-state index contributed by atoms with van der Waals surface area (Å²) in [5, 5.41) is 2.60. The molecule has 2 rings (SSSR count). The number of amides is 1. The Balaban J connectivity index is 2.18. The molecule has 0 saturated heterocycles. The van der Waals surface area contributed by atoms with Crippen molar-refractivity contribution in [3.05, 3.63) is 65.0 Å². The zero-order valence-corrected chi connectivity index (χ0v) is 13.1. The molecular weight excluding hydrogens is 305 g/mol. The predicted molar refractivity (Wildman–Crippen MR) is 81.9 cm³/mol. The number of benzene rings is 2. The Morgan fingerprint density at radius 1 is 1.18 bits per heavy atom. The van der Waals surface area contributed by atoms with Crippen LogP contribution >= 0.6 is 0 Å². The highest BCUT2D eigenvalue weighted by atomic mass is 32.2. The molecule has 0 spiro atoms. The topological polar surface area (TPSA) is 63.2 Å². The molecule has 1 amide bonds. The number of carbonyl (C=O) groups is 1. The summed E-state index contributed by atoms with van der Waals surface area (Å²) in [7, 11) is -3.49. The summed E-state index contributed by atoms with van der Waals surface area (Å²) < 4.78 is 36.8. The highest BCUT2D eigenvalue weighted by molar-refractivity contribution is 7.90. The molecule has 0 unspecified atom stereocenters. The molecule has 22 heavy (non-hydrogen) atoms. The number of halogens is 1. The Hall–Kier alpha value is -2.21. The van der Waals surface area contributed by atoms with Gasteiger partial charge in [0.25, 0.3) is 5.91 Å². The number of hydrogen-bond acceptors (Lipinski definition) is 3. The van der Waals surface area contributed by atoms with Crippen LogP contribution in [-0.2, 0) is 16.4 Å². The van der Waals surface area contributed by atoms with Gasteiger partial charge < -0.3 is 5.32 Å². The minimum absolute atomic E-state index is 0.0254. The van der Waals surface area contributed by atoms with E-state index in [0.717, 1.165) is 6.26 Å². The largest absolute Gasteiger partial charge is 0.348 e. The quantitative estimate of drug-likeness (QED) is 0.941. The van der Waals surface area contributed by atoms with Gasteiger partial charge in [-0.25, -0.2) is 12.8 Å². The number of sulfone groups is 1. The summed E-state index contributed by atoms with van der Waals surface area (Å²) in [6, 6.07) is 10.7. The van der Waals surface area contributed by atoms with Gasteiger partial charge >= 0.3 is 0 Å². The molecule has 0 radical (unpaired) electrons. The van der Waals surface area contributed by atoms with E-state index in [1.165, 1.54) is 18.2 Å². The molecule has 0 aliphatic rings. The first-order valence-electron chi connectivity index (χ1n) is 6.61. The second-order valence-electron chi connectivity index (χ2n) is 5.03. The van der Waals surface area contributed by atoms with Crippen LogP contribution in [0, 0.1) is 12.7 Å². The highest BCUT2D eigenvalue weighted by Crippen LogP contribution is 2.15. The van der Waals surface area contributed by atoms with Crippen molar-refractivity contribution < 1.29 is 17.6 Å². The van der Waals surface area contributed by atoms with E-state index in [1.807, 2.05) is 0 Å². The third-order valence-corrected chi connectivity index (χ3v) is 4.38. The molecule has 0 atom stereocenters. The van der Waals surface area contributed by atoms with Gasteiger partial charge in [-0.3, -0.25) is 4.79 Å². The molecule has 0 fully saturated rings. The van der Waals surface area contributed by atoms with Crippen molar-refractivity contribution in [2.24, 2.45) is 0 Å². The third-order valence-electron chi connectivity index (χ3n) is 3.22. The number of rotatable bonds is 4.